The lowest BCUT2D eigenvalue weighted by molar-refractivity contribution is -0.137. The minimum atomic E-state index is -0.566. The Kier molecular flexibility index (Phi) is 3.79. The van der Waals surface area contributed by atoms with Gasteiger partial charge in [0.05, 0.1) is 17.8 Å². The van der Waals surface area contributed by atoms with Crippen molar-refractivity contribution in [1.29, 1.82) is 0 Å². The first-order valence-electron chi connectivity index (χ1n) is 10.2. The highest BCUT2D eigenvalue weighted by Gasteiger charge is 2.62. The number of rotatable bonds is 2. The van der Waals surface area contributed by atoms with Crippen LogP contribution in [0.1, 0.15) is 33.6 Å². The second-order valence-corrected chi connectivity index (χ2v) is 9.55. The van der Waals surface area contributed by atoms with Gasteiger partial charge in [0.2, 0.25) is 5.91 Å². The van der Waals surface area contributed by atoms with Crippen LogP contribution >= 0.6 is 0 Å². The van der Waals surface area contributed by atoms with Crippen LogP contribution < -0.4 is 4.90 Å². The number of anilines is 1. The van der Waals surface area contributed by atoms with E-state index in [0.717, 1.165) is 10.8 Å². The quantitative estimate of drug-likeness (QED) is 0.737. The zero-order valence-corrected chi connectivity index (χ0v) is 17.0. The number of imide groups is 1. The molecule has 3 heterocycles. The van der Waals surface area contributed by atoms with Gasteiger partial charge in [-0.3, -0.25) is 9.59 Å². The third-order valence-electron chi connectivity index (χ3n) is 6.27. The van der Waals surface area contributed by atoms with Crippen LogP contribution in [-0.4, -0.2) is 52.3 Å². The van der Waals surface area contributed by atoms with E-state index < -0.39 is 6.04 Å². The first-order chi connectivity index (χ1) is 13.8. The molecule has 4 amide bonds. The number of carbonyl (C=O) groups excluding carboxylic acids is 3. The molecule has 3 saturated heterocycles. The third-order valence-corrected chi connectivity index (χ3v) is 6.27. The van der Waals surface area contributed by atoms with E-state index in [9.17, 15) is 14.4 Å². The van der Waals surface area contributed by atoms with Crippen LogP contribution in [-0.2, 0) is 9.59 Å². The third kappa shape index (κ3) is 2.65. The van der Waals surface area contributed by atoms with Gasteiger partial charge in [0, 0.05) is 18.4 Å². The molecule has 5 rings (SSSR count). The maximum absolute atomic E-state index is 13.4. The Balaban J connectivity index is 1.48. The van der Waals surface area contributed by atoms with E-state index in [0.29, 0.717) is 25.1 Å². The highest BCUT2D eigenvalue weighted by molar-refractivity contribution is 6.25. The summed E-state index contributed by atoms with van der Waals surface area (Å²) in [5.74, 6) is -0.138. The van der Waals surface area contributed by atoms with Crippen LogP contribution in [0.5, 0.6) is 0 Å². The zero-order chi connectivity index (χ0) is 20.5. The molecular formula is C23H25N3O3. The minimum absolute atomic E-state index is 0.0773. The molecule has 0 saturated carbocycles. The van der Waals surface area contributed by atoms with E-state index in [1.165, 1.54) is 4.90 Å². The molecule has 150 valence electrons. The number of benzene rings is 2. The number of urea groups is 1. The molecule has 0 aromatic heterocycles. The van der Waals surface area contributed by atoms with Gasteiger partial charge in [0.25, 0.3) is 5.91 Å². The second-order valence-electron chi connectivity index (χ2n) is 9.55. The standard InChI is InChI=1S/C23H25N3O3/c1-23(2,3)12-19(27)24-13-15-11-18(24)20-21(28)26(22(29)25(15)20)17-10-6-8-14-7-4-5-9-16(14)17/h4-10,15,18,20H,11-13H2,1-3H3/t15-,18?,20?/m1/s1. The van der Waals surface area contributed by atoms with Gasteiger partial charge in [-0.05, 0) is 23.3 Å². The fourth-order valence-electron chi connectivity index (χ4n) is 5.12. The lowest BCUT2D eigenvalue weighted by atomic mass is 9.91. The van der Waals surface area contributed by atoms with Gasteiger partial charge < -0.3 is 9.80 Å². The van der Waals surface area contributed by atoms with E-state index in [1.807, 2.05) is 68.1 Å². The number of fused-ring (bicyclic) bond motifs is 6. The monoisotopic (exact) mass is 391 g/mol. The number of likely N-dealkylation sites (tertiary alicyclic amines) is 1. The van der Waals surface area contributed by atoms with Crippen molar-refractivity contribution in [2.75, 3.05) is 11.4 Å². The Morgan fingerprint density at radius 1 is 1.07 bits per heavy atom. The highest BCUT2D eigenvalue weighted by atomic mass is 16.2. The van der Waals surface area contributed by atoms with Crippen molar-refractivity contribution < 1.29 is 14.4 Å². The number of nitrogens with zero attached hydrogens (tertiary/aromatic N) is 3. The van der Waals surface area contributed by atoms with Gasteiger partial charge in [-0.1, -0.05) is 57.2 Å². The molecule has 2 bridgehead atoms. The van der Waals surface area contributed by atoms with E-state index in [-0.39, 0.29) is 35.3 Å². The summed E-state index contributed by atoms with van der Waals surface area (Å²) < 4.78 is 0. The number of amides is 4. The van der Waals surface area contributed by atoms with Gasteiger partial charge >= 0.3 is 6.03 Å². The average Bonchev–Trinajstić information content (AvgIpc) is 3.32. The smallest absolute Gasteiger partial charge is 0.332 e. The summed E-state index contributed by atoms with van der Waals surface area (Å²) >= 11 is 0. The first-order valence-corrected chi connectivity index (χ1v) is 10.2. The van der Waals surface area contributed by atoms with Crippen LogP contribution in [0.3, 0.4) is 0 Å². The van der Waals surface area contributed by atoms with Gasteiger partial charge in [-0.25, -0.2) is 9.69 Å². The fraction of sp³-hybridized carbons (Fsp3) is 0.435. The lowest BCUT2D eigenvalue weighted by Crippen LogP contribution is -2.55. The zero-order valence-electron chi connectivity index (χ0n) is 17.0. The van der Waals surface area contributed by atoms with E-state index in [4.69, 9.17) is 0 Å². The molecule has 3 aliphatic rings. The summed E-state index contributed by atoms with van der Waals surface area (Å²) in [7, 11) is 0. The SMILES string of the molecule is CC(C)(C)CC(=O)N1C[C@H]2CC1C1C(=O)N(c3cccc4ccccc34)C(=O)N12. The van der Waals surface area contributed by atoms with Crippen LogP contribution in [0.25, 0.3) is 10.8 Å². The predicted octanol–water partition coefficient (Wildman–Crippen LogP) is 3.40. The van der Waals surface area contributed by atoms with Crippen molar-refractivity contribution in [3.63, 3.8) is 0 Å². The van der Waals surface area contributed by atoms with Crippen molar-refractivity contribution in [3.05, 3.63) is 42.5 Å². The van der Waals surface area contributed by atoms with Gasteiger partial charge in [0.15, 0.2) is 0 Å². The summed E-state index contributed by atoms with van der Waals surface area (Å²) in [6.07, 6.45) is 1.14. The maximum atomic E-state index is 13.4. The number of carbonyl (C=O) groups is 3. The number of hydrogen-bond donors (Lipinski definition) is 0. The topological polar surface area (TPSA) is 60.9 Å². The van der Waals surface area contributed by atoms with Crippen molar-refractivity contribution in [1.82, 2.24) is 9.80 Å². The Labute approximate surface area is 170 Å². The predicted molar refractivity (Wildman–Crippen MR) is 110 cm³/mol. The minimum Gasteiger partial charge on any atom is -0.335 e. The molecule has 3 fully saturated rings. The molecule has 2 aromatic carbocycles. The van der Waals surface area contributed by atoms with Gasteiger partial charge in [-0.2, -0.15) is 0 Å². The van der Waals surface area contributed by atoms with Crippen LogP contribution in [0.15, 0.2) is 42.5 Å². The molecular weight excluding hydrogens is 366 g/mol. The summed E-state index contributed by atoms with van der Waals surface area (Å²) in [6, 6.07) is 12.3. The molecule has 0 radical (unpaired) electrons. The Hall–Kier alpha value is -2.89. The van der Waals surface area contributed by atoms with Crippen molar-refractivity contribution >= 4 is 34.3 Å². The van der Waals surface area contributed by atoms with Gasteiger partial charge in [0.1, 0.15) is 6.04 Å². The molecule has 2 aromatic rings. The van der Waals surface area contributed by atoms with Gasteiger partial charge in [-0.15, -0.1) is 0 Å². The maximum Gasteiger partial charge on any atom is 0.332 e. The summed E-state index contributed by atoms with van der Waals surface area (Å²) in [6.45, 7) is 6.65. The van der Waals surface area contributed by atoms with Crippen molar-refractivity contribution in [2.45, 2.75) is 51.7 Å². The molecule has 6 nitrogen and oxygen atoms in total. The average molecular weight is 391 g/mol. The second kappa shape index (κ2) is 6.05. The molecule has 3 atom stereocenters. The Morgan fingerprint density at radius 2 is 1.79 bits per heavy atom. The normalized spacial score (nSPS) is 26.0. The van der Waals surface area contributed by atoms with E-state index >= 15 is 0 Å². The summed E-state index contributed by atoms with van der Waals surface area (Å²) in [5, 5.41) is 1.87. The molecule has 0 aliphatic carbocycles. The molecule has 2 unspecified atom stereocenters. The molecule has 0 N–H and O–H groups in total. The van der Waals surface area contributed by atoms with Crippen molar-refractivity contribution in [2.24, 2.45) is 5.41 Å². The molecule has 6 heteroatoms. The molecule has 0 spiro atoms. The van der Waals surface area contributed by atoms with Crippen LogP contribution in [0.4, 0.5) is 10.5 Å². The number of hydrogen-bond acceptors (Lipinski definition) is 3. The summed E-state index contributed by atoms with van der Waals surface area (Å²) in [5.41, 5.74) is 0.516. The Bertz CT molecular complexity index is 1040. The first kappa shape index (κ1) is 18.2. The Morgan fingerprint density at radius 3 is 2.55 bits per heavy atom. The lowest BCUT2D eigenvalue weighted by Gasteiger charge is -2.36. The molecule has 29 heavy (non-hydrogen) atoms. The number of piperazine rings is 1. The van der Waals surface area contributed by atoms with E-state index in [1.54, 1.807) is 4.90 Å². The van der Waals surface area contributed by atoms with Crippen molar-refractivity contribution in [3.8, 4) is 0 Å². The van der Waals surface area contributed by atoms with Crippen LogP contribution in [0, 0.1) is 5.41 Å². The van der Waals surface area contributed by atoms with Crippen LogP contribution in [0.2, 0.25) is 0 Å². The fourth-order valence-corrected chi connectivity index (χ4v) is 5.12. The largest absolute Gasteiger partial charge is 0.335 e. The van der Waals surface area contributed by atoms with E-state index in [2.05, 4.69) is 0 Å². The summed E-state index contributed by atoms with van der Waals surface area (Å²) in [4.78, 5) is 44.4. The molecule has 3 aliphatic heterocycles. The highest BCUT2D eigenvalue weighted by Crippen LogP contribution is 2.44.